The van der Waals surface area contributed by atoms with Crippen molar-refractivity contribution in [2.24, 2.45) is 5.92 Å². The largest absolute Gasteiger partial charge is 0.493 e. The number of hydrogen-bond acceptors (Lipinski definition) is 3. The predicted molar refractivity (Wildman–Crippen MR) is 67.1 cm³/mol. The van der Waals surface area contributed by atoms with Crippen LogP contribution in [0.3, 0.4) is 0 Å². The van der Waals surface area contributed by atoms with Crippen LogP contribution in [0.1, 0.15) is 24.8 Å². The number of para-hydroxylation sites is 1. The lowest BCUT2D eigenvalue weighted by atomic mass is 9.92. The van der Waals surface area contributed by atoms with Crippen LogP contribution >= 0.6 is 0 Å². The molecule has 18 heavy (non-hydrogen) atoms. The number of nitriles is 1. The highest BCUT2D eigenvalue weighted by Crippen LogP contribution is 2.33. The molecule has 0 aromatic heterocycles. The van der Waals surface area contributed by atoms with E-state index in [0.717, 1.165) is 11.3 Å². The summed E-state index contributed by atoms with van der Waals surface area (Å²) in [6.07, 6.45) is 0.684. The van der Waals surface area contributed by atoms with Gasteiger partial charge in [0.2, 0.25) is 5.91 Å². The standard InChI is InChI=1S/C14H16N2O2/c1-10(8-15)9-16-14(17)12-6-7-18-13-5-3-2-4-11(12)13/h2-5,10,12H,6-7,9H2,1H3,(H,16,17). The fourth-order valence-electron chi connectivity index (χ4n) is 2.04. The molecule has 4 heteroatoms. The van der Waals surface area contributed by atoms with Crippen molar-refractivity contribution in [3.63, 3.8) is 0 Å². The second kappa shape index (κ2) is 5.54. The molecule has 2 atom stereocenters. The van der Waals surface area contributed by atoms with Crippen LogP contribution in [0.4, 0.5) is 0 Å². The molecule has 1 heterocycles. The zero-order valence-corrected chi connectivity index (χ0v) is 10.3. The summed E-state index contributed by atoms with van der Waals surface area (Å²) in [5, 5.41) is 11.5. The summed E-state index contributed by atoms with van der Waals surface area (Å²) in [6.45, 7) is 2.75. The summed E-state index contributed by atoms with van der Waals surface area (Å²) in [5.41, 5.74) is 0.936. The SMILES string of the molecule is CC(C#N)CNC(=O)C1CCOc2ccccc21. The summed E-state index contributed by atoms with van der Waals surface area (Å²) in [6, 6.07) is 9.72. The van der Waals surface area contributed by atoms with Gasteiger partial charge in [0.05, 0.1) is 24.5 Å². The number of carbonyl (C=O) groups excluding carboxylic acids is 1. The zero-order valence-electron chi connectivity index (χ0n) is 10.3. The molecule has 0 bridgehead atoms. The van der Waals surface area contributed by atoms with E-state index in [-0.39, 0.29) is 17.7 Å². The Kier molecular flexibility index (Phi) is 3.83. The van der Waals surface area contributed by atoms with Crippen LogP contribution in [0.15, 0.2) is 24.3 Å². The maximum Gasteiger partial charge on any atom is 0.227 e. The van der Waals surface area contributed by atoms with Gasteiger partial charge in [-0.1, -0.05) is 18.2 Å². The summed E-state index contributed by atoms with van der Waals surface area (Å²) < 4.78 is 5.52. The van der Waals surface area contributed by atoms with Gasteiger partial charge in [-0.3, -0.25) is 4.79 Å². The average Bonchev–Trinajstić information content (AvgIpc) is 2.43. The number of ether oxygens (including phenoxy) is 1. The number of carbonyl (C=O) groups is 1. The molecule has 94 valence electrons. The van der Waals surface area contributed by atoms with Crippen molar-refractivity contribution in [3.05, 3.63) is 29.8 Å². The molecule has 2 unspecified atom stereocenters. The summed E-state index contributed by atoms with van der Waals surface area (Å²) in [5.74, 6) is 0.440. The maximum atomic E-state index is 12.1. The number of benzene rings is 1. The number of rotatable bonds is 3. The molecule has 0 saturated carbocycles. The molecule has 1 aliphatic heterocycles. The van der Waals surface area contributed by atoms with E-state index in [4.69, 9.17) is 10.00 Å². The Bertz CT molecular complexity index is 479. The highest BCUT2D eigenvalue weighted by molar-refractivity contribution is 5.84. The Labute approximate surface area is 107 Å². The minimum absolute atomic E-state index is 0.0205. The molecule has 2 rings (SSSR count). The van der Waals surface area contributed by atoms with E-state index in [1.165, 1.54) is 0 Å². The normalized spacial score (nSPS) is 19.0. The lowest BCUT2D eigenvalue weighted by Crippen LogP contribution is -2.34. The van der Waals surface area contributed by atoms with Gasteiger partial charge in [-0.05, 0) is 19.4 Å². The first-order chi connectivity index (χ1) is 8.72. The van der Waals surface area contributed by atoms with E-state index in [1.54, 1.807) is 6.92 Å². The van der Waals surface area contributed by atoms with Gasteiger partial charge in [-0.15, -0.1) is 0 Å². The first-order valence-electron chi connectivity index (χ1n) is 6.11. The van der Waals surface area contributed by atoms with Crippen LogP contribution in [0.5, 0.6) is 5.75 Å². The van der Waals surface area contributed by atoms with E-state index in [9.17, 15) is 4.79 Å². The van der Waals surface area contributed by atoms with Gasteiger partial charge >= 0.3 is 0 Å². The summed E-state index contributed by atoms with van der Waals surface area (Å²) >= 11 is 0. The Morgan fingerprint density at radius 2 is 2.39 bits per heavy atom. The Hall–Kier alpha value is -2.02. The van der Waals surface area contributed by atoms with Gasteiger partial charge < -0.3 is 10.1 Å². The van der Waals surface area contributed by atoms with Crippen molar-refractivity contribution < 1.29 is 9.53 Å². The predicted octanol–water partition coefficient (Wildman–Crippen LogP) is 1.83. The third-order valence-corrected chi connectivity index (χ3v) is 3.08. The monoisotopic (exact) mass is 244 g/mol. The number of fused-ring (bicyclic) bond motifs is 1. The average molecular weight is 244 g/mol. The molecule has 0 fully saturated rings. The van der Waals surface area contributed by atoms with E-state index < -0.39 is 0 Å². The lowest BCUT2D eigenvalue weighted by molar-refractivity contribution is -0.123. The number of hydrogen-bond donors (Lipinski definition) is 1. The Morgan fingerprint density at radius 1 is 1.61 bits per heavy atom. The highest BCUT2D eigenvalue weighted by atomic mass is 16.5. The van der Waals surface area contributed by atoms with E-state index in [0.29, 0.717) is 19.6 Å². The minimum atomic E-state index is -0.166. The van der Waals surface area contributed by atoms with Gasteiger partial charge in [-0.2, -0.15) is 5.26 Å². The smallest absolute Gasteiger partial charge is 0.227 e. The Balaban J connectivity index is 2.06. The first-order valence-corrected chi connectivity index (χ1v) is 6.11. The second-order valence-corrected chi connectivity index (χ2v) is 4.50. The molecule has 1 amide bonds. The summed E-state index contributed by atoms with van der Waals surface area (Å²) in [7, 11) is 0. The molecular formula is C14H16N2O2. The van der Waals surface area contributed by atoms with Gasteiger partial charge in [-0.25, -0.2) is 0 Å². The van der Waals surface area contributed by atoms with Gasteiger partial charge in [0.15, 0.2) is 0 Å². The second-order valence-electron chi connectivity index (χ2n) is 4.50. The van der Waals surface area contributed by atoms with Crippen molar-refractivity contribution in [1.82, 2.24) is 5.32 Å². The number of nitrogens with one attached hydrogen (secondary N) is 1. The van der Waals surface area contributed by atoms with Crippen LogP contribution in [0.25, 0.3) is 0 Å². The van der Waals surface area contributed by atoms with Crippen molar-refractivity contribution in [2.45, 2.75) is 19.3 Å². The molecule has 1 aliphatic rings. The van der Waals surface area contributed by atoms with Gasteiger partial charge in [0.25, 0.3) is 0 Å². The van der Waals surface area contributed by atoms with Gasteiger partial charge in [0, 0.05) is 12.1 Å². The quantitative estimate of drug-likeness (QED) is 0.882. The third kappa shape index (κ3) is 2.62. The van der Waals surface area contributed by atoms with Crippen LogP contribution in [0.2, 0.25) is 0 Å². The maximum absolute atomic E-state index is 12.1. The molecule has 1 aromatic rings. The zero-order chi connectivity index (χ0) is 13.0. The van der Waals surface area contributed by atoms with Crippen molar-refractivity contribution in [3.8, 4) is 11.8 Å². The van der Waals surface area contributed by atoms with E-state index in [1.807, 2.05) is 24.3 Å². The van der Waals surface area contributed by atoms with Crippen LogP contribution < -0.4 is 10.1 Å². The topological polar surface area (TPSA) is 62.1 Å². The fourth-order valence-corrected chi connectivity index (χ4v) is 2.04. The molecule has 0 radical (unpaired) electrons. The molecule has 1 aromatic carbocycles. The van der Waals surface area contributed by atoms with Crippen LogP contribution in [-0.2, 0) is 4.79 Å². The van der Waals surface area contributed by atoms with Crippen LogP contribution in [-0.4, -0.2) is 19.1 Å². The Morgan fingerprint density at radius 3 is 3.17 bits per heavy atom. The van der Waals surface area contributed by atoms with Crippen molar-refractivity contribution >= 4 is 5.91 Å². The molecule has 4 nitrogen and oxygen atoms in total. The molecule has 0 saturated heterocycles. The molecule has 0 spiro atoms. The summed E-state index contributed by atoms with van der Waals surface area (Å²) in [4.78, 5) is 12.1. The first kappa shape index (κ1) is 12.4. The van der Waals surface area contributed by atoms with Crippen molar-refractivity contribution in [1.29, 1.82) is 5.26 Å². The van der Waals surface area contributed by atoms with Gasteiger partial charge in [0.1, 0.15) is 5.75 Å². The highest BCUT2D eigenvalue weighted by Gasteiger charge is 2.27. The van der Waals surface area contributed by atoms with E-state index >= 15 is 0 Å². The lowest BCUT2D eigenvalue weighted by Gasteiger charge is -2.25. The molecule has 0 aliphatic carbocycles. The molecular weight excluding hydrogens is 228 g/mol. The van der Waals surface area contributed by atoms with Crippen molar-refractivity contribution in [2.75, 3.05) is 13.2 Å². The van der Waals surface area contributed by atoms with Crippen LogP contribution in [0, 0.1) is 17.2 Å². The third-order valence-electron chi connectivity index (χ3n) is 3.08. The van der Waals surface area contributed by atoms with E-state index in [2.05, 4.69) is 11.4 Å². The molecule has 1 N–H and O–H groups in total. The fraction of sp³-hybridized carbons (Fsp3) is 0.429. The number of nitrogens with zero attached hydrogens (tertiary/aromatic N) is 1. The minimum Gasteiger partial charge on any atom is -0.493 e. The number of amides is 1.